The van der Waals surface area contributed by atoms with Crippen LogP contribution in [0.5, 0.6) is 0 Å². The largest absolute Gasteiger partial charge is 0.267 e. The number of nitrogens with zero attached hydrogens (tertiary/aromatic N) is 1. The molecule has 0 bridgehead atoms. The summed E-state index contributed by atoms with van der Waals surface area (Å²) in [5.41, 5.74) is 0. The van der Waals surface area contributed by atoms with E-state index in [2.05, 4.69) is 11.2 Å². The van der Waals surface area contributed by atoms with Crippen molar-refractivity contribution in [2.45, 2.75) is 37.0 Å². The molecule has 0 radical (unpaired) electrons. The number of aliphatic imine (C=N–C) groups is 1. The Morgan fingerprint density at radius 1 is 1.45 bits per heavy atom. The molecule has 2 rings (SSSR count). The van der Waals surface area contributed by atoms with E-state index >= 15 is 0 Å². The summed E-state index contributed by atoms with van der Waals surface area (Å²) in [4.78, 5) is 4.67. The maximum atomic E-state index is 4.67. The number of hydrogen-bond donors (Lipinski definition) is 0. The quantitative estimate of drug-likeness (QED) is 0.578. The maximum absolute atomic E-state index is 4.67. The van der Waals surface area contributed by atoms with Crippen molar-refractivity contribution in [3.63, 3.8) is 0 Å². The van der Waals surface area contributed by atoms with Crippen LogP contribution in [-0.4, -0.2) is 21.9 Å². The highest BCUT2D eigenvalue weighted by Crippen LogP contribution is 2.39. The molecule has 0 spiro atoms. The zero-order chi connectivity index (χ0) is 7.68. The lowest BCUT2D eigenvalue weighted by Crippen LogP contribution is -2.21. The van der Waals surface area contributed by atoms with Crippen molar-refractivity contribution < 1.29 is 0 Å². The van der Waals surface area contributed by atoms with E-state index in [4.69, 9.17) is 0 Å². The highest BCUT2D eigenvalue weighted by Gasteiger charge is 2.31. The molecule has 0 aromatic carbocycles. The third-order valence-electron chi connectivity index (χ3n) is 2.37. The highest BCUT2D eigenvalue weighted by molar-refractivity contribution is 8.39. The molecule has 2 unspecified atom stereocenters. The zero-order valence-corrected chi connectivity index (χ0v) is 8.38. The number of thioether (sulfide) groups is 2. The number of rotatable bonds is 0. The third-order valence-corrected chi connectivity index (χ3v) is 4.77. The zero-order valence-electron chi connectivity index (χ0n) is 6.75. The second-order valence-electron chi connectivity index (χ2n) is 3.11. The van der Waals surface area contributed by atoms with Crippen LogP contribution in [0.25, 0.3) is 0 Å². The van der Waals surface area contributed by atoms with E-state index in [1.54, 1.807) is 0 Å². The first kappa shape index (κ1) is 7.99. The first-order valence-electron chi connectivity index (χ1n) is 4.18. The molecule has 0 saturated heterocycles. The van der Waals surface area contributed by atoms with Crippen molar-refractivity contribution in [1.29, 1.82) is 0 Å². The lowest BCUT2D eigenvalue weighted by Gasteiger charge is -2.21. The molecule has 2 atom stereocenters. The van der Waals surface area contributed by atoms with Gasteiger partial charge in [0.1, 0.15) is 4.38 Å². The van der Waals surface area contributed by atoms with E-state index < -0.39 is 0 Å². The third kappa shape index (κ3) is 1.59. The fourth-order valence-corrected chi connectivity index (χ4v) is 3.85. The summed E-state index contributed by atoms with van der Waals surface area (Å²) in [5.74, 6) is 0. The van der Waals surface area contributed by atoms with Crippen molar-refractivity contribution in [1.82, 2.24) is 0 Å². The first-order chi connectivity index (χ1) is 5.40. The van der Waals surface area contributed by atoms with Crippen LogP contribution in [0.3, 0.4) is 0 Å². The average molecular weight is 187 g/mol. The van der Waals surface area contributed by atoms with Crippen molar-refractivity contribution in [2.75, 3.05) is 6.26 Å². The Labute approximate surface area is 76.4 Å². The monoisotopic (exact) mass is 187 g/mol. The van der Waals surface area contributed by atoms with Crippen LogP contribution in [0.2, 0.25) is 0 Å². The Hall–Kier alpha value is 0.370. The van der Waals surface area contributed by atoms with Gasteiger partial charge in [0.05, 0.1) is 6.04 Å². The summed E-state index contributed by atoms with van der Waals surface area (Å²) in [6, 6.07) is 0.677. The van der Waals surface area contributed by atoms with Gasteiger partial charge in [-0.3, -0.25) is 4.99 Å². The minimum atomic E-state index is 0.677. The van der Waals surface area contributed by atoms with Crippen LogP contribution < -0.4 is 0 Å². The van der Waals surface area contributed by atoms with Crippen LogP contribution in [-0.2, 0) is 0 Å². The van der Waals surface area contributed by atoms with E-state index in [0.29, 0.717) is 6.04 Å². The molecule has 0 aromatic rings. The van der Waals surface area contributed by atoms with Crippen molar-refractivity contribution in [2.24, 2.45) is 4.99 Å². The molecule has 0 aromatic heterocycles. The molecule has 1 fully saturated rings. The summed E-state index contributed by atoms with van der Waals surface area (Å²) in [6.07, 6.45) is 7.67. The normalized spacial score (nSPS) is 36.6. The summed E-state index contributed by atoms with van der Waals surface area (Å²) < 4.78 is 1.32. The second kappa shape index (κ2) is 3.40. The van der Waals surface area contributed by atoms with Gasteiger partial charge in [-0.15, -0.1) is 11.8 Å². The average Bonchev–Trinajstić information content (AvgIpc) is 2.46. The van der Waals surface area contributed by atoms with E-state index in [-0.39, 0.29) is 0 Å². The second-order valence-corrected chi connectivity index (χ2v) is 5.39. The number of fused-ring (bicyclic) bond motifs is 1. The molecule has 2 aliphatic rings. The van der Waals surface area contributed by atoms with Crippen molar-refractivity contribution in [3.8, 4) is 0 Å². The van der Waals surface area contributed by atoms with Crippen LogP contribution in [0, 0.1) is 0 Å². The van der Waals surface area contributed by atoms with E-state index in [0.717, 1.165) is 5.25 Å². The molecule has 0 amide bonds. The summed E-state index contributed by atoms with van der Waals surface area (Å²) in [5, 5.41) is 0.839. The lowest BCUT2D eigenvalue weighted by molar-refractivity contribution is 0.462. The minimum Gasteiger partial charge on any atom is -0.267 e. The maximum Gasteiger partial charge on any atom is 0.124 e. The Morgan fingerprint density at radius 3 is 3.00 bits per heavy atom. The molecule has 1 heterocycles. The molecule has 3 heteroatoms. The fraction of sp³-hybridized carbons (Fsp3) is 0.875. The SMILES string of the molecule is CSC1=NC2CCCCC2S1. The van der Waals surface area contributed by atoms with Gasteiger partial charge in [0.15, 0.2) is 0 Å². The van der Waals surface area contributed by atoms with Gasteiger partial charge in [-0.1, -0.05) is 24.6 Å². The Morgan fingerprint density at radius 2 is 2.27 bits per heavy atom. The molecule has 0 N–H and O–H groups in total. The van der Waals surface area contributed by atoms with Gasteiger partial charge in [0.25, 0.3) is 0 Å². The molecule has 11 heavy (non-hydrogen) atoms. The van der Waals surface area contributed by atoms with Crippen LogP contribution in [0.1, 0.15) is 25.7 Å². The van der Waals surface area contributed by atoms with Gasteiger partial charge in [0.2, 0.25) is 0 Å². The Balaban J connectivity index is 2.02. The van der Waals surface area contributed by atoms with E-state index in [1.165, 1.54) is 30.1 Å². The van der Waals surface area contributed by atoms with Gasteiger partial charge in [-0.2, -0.15) is 0 Å². The highest BCUT2D eigenvalue weighted by atomic mass is 32.2. The molecule has 1 saturated carbocycles. The first-order valence-corrected chi connectivity index (χ1v) is 6.29. The fourth-order valence-electron chi connectivity index (χ4n) is 1.76. The van der Waals surface area contributed by atoms with E-state index in [9.17, 15) is 0 Å². The van der Waals surface area contributed by atoms with Crippen LogP contribution in [0.15, 0.2) is 4.99 Å². The van der Waals surface area contributed by atoms with Crippen molar-refractivity contribution >= 4 is 27.9 Å². The molecular formula is C8H13NS2. The Bertz CT molecular complexity index is 179. The number of hydrogen-bond acceptors (Lipinski definition) is 3. The summed E-state index contributed by atoms with van der Waals surface area (Å²) in [6.45, 7) is 0. The molecule has 1 aliphatic carbocycles. The smallest absolute Gasteiger partial charge is 0.124 e. The standard InChI is InChI=1S/C8H13NS2/c1-10-8-9-6-4-2-3-5-7(6)11-8/h6-7H,2-5H2,1H3. The molecule has 1 nitrogen and oxygen atoms in total. The van der Waals surface area contributed by atoms with Gasteiger partial charge >= 0.3 is 0 Å². The van der Waals surface area contributed by atoms with Crippen LogP contribution in [0.4, 0.5) is 0 Å². The summed E-state index contributed by atoms with van der Waals surface area (Å²) >= 11 is 3.82. The Kier molecular flexibility index (Phi) is 2.47. The topological polar surface area (TPSA) is 12.4 Å². The lowest BCUT2D eigenvalue weighted by atomic mass is 9.96. The van der Waals surface area contributed by atoms with Gasteiger partial charge in [-0.05, 0) is 19.1 Å². The molecular weight excluding hydrogens is 174 g/mol. The van der Waals surface area contributed by atoms with Gasteiger partial charge in [-0.25, -0.2) is 0 Å². The van der Waals surface area contributed by atoms with Gasteiger partial charge in [0, 0.05) is 5.25 Å². The van der Waals surface area contributed by atoms with Crippen molar-refractivity contribution in [3.05, 3.63) is 0 Å². The predicted octanol–water partition coefficient (Wildman–Crippen LogP) is 2.76. The minimum absolute atomic E-state index is 0.677. The molecule has 62 valence electrons. The van der Waals surface area contributed by atoms with Crippen LogP contribution >= 0.6 is 23.5 Å². The van der Waals surface area contributed by atoms with E-state index in [1.807, 2.05) is 23.5 Å². The molecule has 1 aliphatic heterocycles. The predicted molar refractivity (Wildman–Crippen MR) is 54.6 cm³/mol. The van der Waals surface area contributed by atoms with Gasteiger partial charge < -0.3 is 0 Å². The summed E-state index contributed by atoms with van der Waals surface area (Å²) in [7, 11) is 0.